The third-order valence-corrected chi connectivity index (χ3v) is 6.00. The number of rotatable bonds is 5. The van der Waals surface area contributed by atoms with Gasteiger partial charge >= 0.3 is 0 Å². The van der Waals surface area contributed by atoms with Crippen LogP contribution in [-0.2, 0) is 10.0 Å². The van der Waals surface area contributed by atoms with Gasteiger partial charge in [0.05, 0.1) is 27.0 Å². The van der Waals surface area contributed by atoms with Crippen molar-refractivity contribution in [3.8, 4) is 0 Å². The molecule has 0 radical (unpaired) electrons. The van der Waals surface area contributed by atoms with E-state index in [2.05, 4.69) is 5.32 Å². The molecule has 11 heteroatoms. The molecule has 0 aliphatic rings. The lowest BCUT2D eigenvalue weighted by atomic mass is 10.2. The van der Waals surface area contributed by atoms with Gasteiger partial charge in [-0.2, -0.15) is 0 Å². The molecule has 3 rings (SSSR count). The summed E-state index contributed by atoms with van der Waals surface area (Å²) >= 11 is 12.0. The van der Waals surface area contributed by atoms with Crippen LogP contribution in [0.25, 0.3) is 0 Å². The van der Waals surface area contributed by atoms with Crippen molar-refractivity contribution in [2.75, 3.05) is 10.0 Å². The average molecular weight is 475 g/mol. The lowest BCUT2D eigenvalue weighted by Crippen LogP contribution is -2.18. The van der Waals surface area contributed by atoms with Crippen molar-refractivity contribution < 1.29 is 26.4 Å². The Kier molecular flexibility index (Phi) is 6.25. The number of benzene rings is 3. The molecule has 30 heavy (non-hydrogen) atoms. The molecule has 5 nitrogen and oxygen atoms in total. The maximum absolute atomic E-state index is 13.8. The number of hydrogen-bond donors (Lipinski definition) is 2. The molecule has 0 unspecified atom stereocenters. The second-order valence-corrected chi connectivity index (χ2v) is 8.39. The smallest absolute Gasteiger partial charge is 0.263 e. The van der Waals surface area contributed by atoms with Crippen LogP contribution in [0.3, 0.4) is 0 Å². The minimum Gasteiger partial charge on any atom is -0.319 e. The Morgan fingerprint density at radius 2 is 1.53 bits per heavy atom. The van der Waals surface area contributed by atoms with Crippen LogP contribution in [0.1, 0.15) is 10.4 Å². The molecule has 0 aliphatic carbocycles. The van der Waals surface area contributed by atoms with E-state index in [1.54, 1.807) is 0 Å². The monoisotopic (exact) mass is 474 g/mol. The van der Waals surface area contributed by atoms with Crippen molar-refractivity contribution in [2.45, 2.75) is 4.90 Å². The van der Waals surface area contributed by atoms with E-state index in [1.165, 1.54) is 18.2 Å². The first-order chi connectivity index (χ1) is 14.1. The van der Waals surface area contributed by atoms with E-state index in [0.29, 0.717) is 6.07 Å². The predicted molar refractivity (Wildman–Crippen MR) is 108 cm³/mol. The SMILES string of the molecule is O=C(Nc1ccc(F)cc1F)c1cc(S(=O)(=O)Nc2ccccc2F)c(Cl)cc1Cl. The standard InChI is InChI=1S/C19H11Cl2F3N2O3S/c20-12-9-13(21)18(30(28,29)26-17-4-2-1-3-14(17)23)8-11(12)19(27)25-16-6-5-10(22)7-15(16)24/h1-9,26H,(H,25,27). The minimum atomic E-state index is -4.41. The van der Waals surface area contributed by atoms with Crippen molar-refractivity contribution in [2.24, 2.45) is 0 Å². The van der Waals surface area contributed by atoms with Crippen LogP contribution in [0.4, 0.5) is 24.5 Å². The fraction of sp³-hybridized carbons (Fsp3) is 0. The predicted octanol–water partition coefficient (Wildman–Crippen LogP) is 5.46. The molecule has 0 saturated heterocycles. The molecular weight excluding hydrogens is 464 g/mol. The highest BCUT2D eigenvalue weighted by atomic mass is 35.5. The second kappa shape index (κ2) is 8.55. The Morgan fingerprint density at radius 3 is 2.20 bits per heavy atom. The summed E-state index contributed by atoms with van der Waals surface area (Å²) in [6.45, 7) is 0. The van der Waals surface area contributed by atoms with Gasteiger partial charge in [0, 0.05) is 6.07 Å². The minimum absolute atomic E-state index is 0.218. The number of para-hydroxylation sites is 1. The van der Waals surface area contributed by atoms with E-state index >= 15 is 0 Å². The van der Waals surface area contributed by atoms with Gasteiger partial charge in [-0.25, -0.2) is 21.6 Å². The van der Waals surface area contributed by atoms with Gasteiger partial charge < -0.3 is 5.32 Å². The fourth-order valence-corrected chi connectivity index (χ4v) is 4.36. The highest BCUT2D eigenvalue weighted by Gasteiger charge is 2.24. The van der Waals surface area contributed by atoms with Gasteiger partial charge in [0.25, 0.3) is 15.9 Å². The quantitative estimate of drug-likeness (QED) is 0.515. The molecule has 0 aromatic heterocycles. The molecule has 0 bridgehead atoms. The normalized spacial score (nSPS) is 11.2. The van der Waals surface area contributed by atoms with Crippen LogP contribution in [0.5, 0.6) is 0 Å². The highest BCUT2D eigenvalue weighted by Crippen LogP contribution is 2.31. The van der Waals surface area contributed by atoms with Crippen LogP contribution >= 0.6 is 23.2 Å². The van der Waals surface area contributed by atoms with E-state index in [9.17, 15) is 26.4 Å². The molecule has 0 heterocycles. The first-order valence-corrected chi connectivity index (χ1v) is 10.3. The zero-order chi connectivity index (χ0) is 22.1. The number of carbonyl (C=O) groups is 1. The van der Waals surface area contributed by atoms with Crippen molar-refractivity contribution >= 4 is 50.5 Å². The Balaban J connectivity index is 1.97. The van der Waals surface area contributed by atoms with E-state index < -0.39 is 38.3 Å². The summed E-state index contributed by atoms with van der Waals surface area (Å²) in [5.41, 5.74) is -1.03. The number of anilines is 2. The summed E-state index contributed by atoms with van der Waals surface area (Å²) in [6.07, 6.45) is 0. The summed E-state index contributed by atoms with van der Waals surface area (Å²) in [5.74, 6) is -3.68. The summed E-state index contributed by atoms with van der Waals surface area (Å²) < 4.78 is 68.0. The number of sulfonamides is 1. The maximum Gasteiger partial charge on any atom is 0.263 e. The first kappa shape index (κ1) is 21.9. The van der Waals surface area contributed by atoms with Gasteiger partial charge in [0.15, 0.2) is 0 Å². The Bertz CT molecular complexity index is 1250. The van der Waals surface area contributed by atoms with Gasteiger partial charge in [0.2, 0.25) is 0 Å². The van der Waals surface area contributed by atoms with Crippen molar-refractivity contribution in [1.82, 2.24) is 0 Å². The van der Waals surface area contributed by atoms with Crippen LogP contribution < -0.4 is 10.0 Å². The van der Waals surface area contributed by atoms with Crippen LogP contribution in [0.2, 0.25) is 10.0 Å². The first-order valence-electron chi connectivity index (χ1n) is 8.11. The summed E-state index contributed by atoms with van der Waals surface area (Å²) in [7, 11) is -4.41. The lowest BCUT2D eigenvalue weighted by molar-refractivity contribution is 0.102. The van der Waals surface area contributed by atoms with Gasteiger partial charge in [0.1, 0.15) is 22.3 Å². The van der Waals surface area contributed by atoms with Crippen molar-refractivity contribution in [3.05, 3.63) is 87.7 Å². The van der Waals surface area contributed by atoms with E-state index in [-0.39, 0.29) is 27.0 Å². The Morgan fingerprint density at radius 1 is 0.833 bits per heavy atom. The van der Waals surface area contributed by atoms with Crippen LogP contribution in [0.15, 0.2) is 59.5 Å². The topological polar surface area (TPSA) is 75.3 Å². The van der Waals surface area contributed by atoms with E-state index in [4.69, 9.17) is 23.2 Å². The third kappa shape index (κ3) is 4.69. The van der Waals surface area contributed by atoms with E-state index in [0.717, 1.165) is 30.3 Å². The molecule has 3 aromatic rings. The molecule has 156 valence electrons. The van der Waals surface area contributed by atoms with E-state index in [1.807, 2.05) is 4.72 Å². The Hall–Kier alpha value is -2.75. The molecule has 0 spiro atoms. The molecule has 0 saturated carbocycles. The number of amides is 1. The molecule has 0 fully saturated rings. The van der Waals surface area contributed by atoms with Gasteiger partial charge in [-0.05, 0) is 36.4 Å². The average Bonchev–Trinajstić information content (AvgIpc) is 2.65. The van der Waals surface area contributed by atoms with Crippen LogP contribution in [-0.4, -0.2) is 14.3 Å². The third-order valence-electron chi connectivity index (χ3n) is 3.85. The molecule has 2 N–H and O–H groups in total. The highest BCUT2D eigenvalue weighted by molar-refractivity contribution is 7.92. The second-order valence-electron chi connectivity index (χ2n) is 5.93. The summed E-state index contributed by atoms with van der Waals surface area (Å²) in [5, 5.41) is 1.62. The Labute approximate surface area is 179 Å². The largest absolute Gasteiger partial charge is 0.319 e. The lowest BCUT2D eigenvalue weighted by Gasteiger charge is -2.13. The van der Waals surface area contributed by atoms with Crippen molar-refractivity contribution in [3.63, 3.8) is 0 Å². The summed E-state index contributed by atoms with van der Waals surface area (Å²) in [6, 6.07) is 9.39. The molecule has 0 atom stereocenters. The maximum atomic E-state index is 13.8. The van der Waals surface area contributed by atoms with Gasteiger partial charge in [-0.3, -0.25) is 9.52 Å². The molecular formula is C19H11Cl2F3N2O3S. The number of hydrogen-bond acceptors (Lipinski definition) is 3. The molecule has 0 aliphatic heterocycles. The zero-order valence-electron chi connectivity index (χ0n) is 14.7. The van der Waals surface area contributed by atoms with Gasteiger partial charge in [-0.1, -0.05) is 35.3 Å². The molecule has 1 amide bonds. The number of nitrogens with one attached hydrogen (secondary N) is 2. The fourth-order valence-electron chi connectivity index (χ4n) is 2.43. The van der Waals surface area contributed by atoms with Gasteiger partial charge in [-0.15, -0.1) is 0 Å². The zero-order valence-corrected chi connectivity index (χ0v) is 17.0. The van der Waals surface area contributed by atoms with Crippen LogP contribution in [0, 0.1) is 17.5 Å². The number of halogens is 5. The van der Waals surface area contributed by atoms with Crippen molar-refractivity contribution in [1.29, 1.82) is 0 Å². The summed E-state index contributed by atoms with van der Waals surface area (Å²) in [4.78, 5) is 11.9. The number of carbonyl (C=O) groups excluding carboxylic acids is 1. The molecule has 3 aromatic carbocycles.